The van der Waals surface area contributed by atoms with Crippen LogP contribution in [0, 0.1) is 0 Å². The fraction of sp³-hybridized carbons (Fsp3) is 0.467. The van der Waals surface area contributed by atoms with Crippen molar-refractivity contribution in [2.75, 3.05) is 0 Å². The molecular formula is C15H18BrN3OS. The first-order valence-electron chi connectivity index (χ1n) is 7.19. The Labute approximate surface area is 137 Å². The summed E-state index contributed by atoms with van der Waals surface area (Å²) in [6.07, 6.45) is 4.51. The Hall–Kier alpha value is -0.850. The molecule has 0 bridgehead atoms. The molecule has 1 fully saturated rings. The summed E-state index contributed by atoms with van der Waals surface area (Å²) in [4.78, 5) is 5.72. The minimum atomic E-state index is 0.158. The Morgan fingerprint density at radius 1 is 1.24 bits per heavy atom. The normalized spacial score (nSPS) is 22.4. The Morgan fingerprint density at radius 2 is 2.00 bits per heavy atom. The molecule has 0 aliphatic heterocycles. The van der Waals surface area contributed by atoms with Crippen LogP contribution in [-0.4, -0.2) is 16.2 Å². The van der Waals surface area contributed by atoms with Gasteiger partial charge in [0.25, 0.3) is 0 Å². The van der Waals surface area contributed by atoms with E-state index in [-0.39, 0.29) is 12.0 Å². The number of nitrogens with zero attached hydrogens (tertiary/aromatic N) is 2. The predicted octanol–water partition coefficient (Wildman–Crippen LogP) is 4.11. The van der Waals surface area contributed by atoms with Gasteiger partial charge in [-0.3, -0.25) is 0 Å². The van der Waals surface area contributed by atoms with Crippen molar-refractivity contribution in [2.24, 2.45) is 5.73 Å². The molecular weight excluding hydrogens is 350 g/mol. The number of aromatic nitrogens is 2. The van der Waals surface area contributed by atoms with Crippen LogP contribution in [0.4, 0.5) is 0 Å². The van der Waals surface area contributed by atoms with E-state index in [0.29, 0.717) is 11.6 Å². The Morgan fingerprint density at radius 3 is 2.76 bits per heavy atom. The maximum absolute atomic E-state index is 6.16. The molecule has 2 atom stereocenters. The molecule has 0 amide bonds. The second-order valence-corrected chi connectivity index (χ2v) is 7.31. The van der Waals surface area contributed by atoms with Gasteiger partial charge in [0.1, 0.15) is 0 Å². The van der Waals surface area contributed by atoms with Gasteiger partial charge in [-0.25, -0.2) is 0 Å². The van der Waals surface area contributed by atoms with E-state index in [9.17, 15) is 0 Å². The lowest BCUT2D eigenvalue weighted by Gasteiger charge is -2.25. The number of nitrogens with two attached hydrogens (primary N) is 1. The standard InChI is InChI=1S/C15H18BrN3OS/c16-10-5-7-11(8-6-10)21-9-14-18-15(20-19-14)12-3-1-2-4-13(12)17/h5-8,12-13H,1-4,9,17H2. The smallest absolute Gasteiger partial charge is 0.231 e. The first kappa shape index (κ1) is 15.1. The molecule has 1 aromatic carbocycles. The molecule has 1 saturated carbocycles. The van der Waals surface area contributed by atoms with Crippen LogP contribution in [0.3, 0.4) is 0 Å². The molecule has 1 heterocycles. The van der Waals surface area contributed by atoms with Gasteiger partial charge in [0, 0.05) is 15.4 Å². The zero-order chi connectivity index (χ0) is 14.7. The lowest BCUT2D eigenvalue weighted by molar-refractivity contribution is 0.289. The van der Waals surface area contributed by atoms with Crippen molar-refractivity contribution in [1.29, 1.82) is 0 Å². The van der Waals surface area contributed by atoms with Gasteiger partial charge in [-0.15, -0.1) is 11.8 Å². The number of hydrogen-bond donors (Lipinski definition) is 1. The van der Waals surface area contributed by atoms with Gasteiger partial charge in [-0.05, 0) is 37.1 Å². The van der Waals surface area contributed by atoms with E-state index >= 15 is 0 Å². The van der Waals surface area contributed by atoms with Crippen molar-refractivity contribution in [3.63, 3.8) is 0 Å². The van der Waals surface area contributed by atoms with Gasteiger partial charge in [-0.1, -0.05) is 33.9 Å². The van der Waals surface area contributed by atoms with Crippen molar-refractivity contribution in [1.82, 2.24) is 10.1 Å². The van der Waals surface area contributed by atoms with Gasteiger partial charge in [-0.2, -0.15) is 4.98 Å². The number of halogens is 1. The molecule has 3 rings (SSSR count). The summed E-state index contributed by atoms with van der Waals surface area (Å²) in [6, 6.07) is 8.38. The quantitative estimate of drug-likeness (QED) is 0.823. The summed E-state index contributed by atoms with van der Waals surface area (Å²) in [7, 11) is 0. The van der Waals surface area contributed by atoms with Gasteiger partial charge in [0.05, 0.1) is 11.7 Å². The minimum absolute atomic E-state index is 0.158. The molecule has 0 radical (unpaired) electrons. The maximum Gasteiger partial charge on any atom is 0.231 e. The molecule has 4 nitrogen and oxygen atoms in total. The summed E-state index contributed by atoms with van der Waals surface area (Å²) >= 11 is 5.14. The third-order valence-corrected chi connectivity index (χ3v) is 5.34. The van der Waals surface area contributed by atoms with Gasteiger partial charge in [0.2, 0.25) is 5.89 Å². The molecule has 112 valence electrons. The van der Waals surface area contributed by atoms with E-state index in [1.54, 1.807) is 11.8 Å². The molecule has 1 aliphatic carbocycles. The molecule has 2 aromatic rings. The predicted molar refractivity (Wildman–Crippen MR) is 87.2 cm³/mol. The fourth-order valence-corrected chi connectivity index (χ4v) is 3.63. The van der Waals surface area contributed by atoms with Crippen LogP contribution in [0.1, 0.15) is 43.3 Å². The van der Waals surface area contributed by atoms with Gasteiger partial charge < -0.3 is 10.3 Å². The highest BCUT2D eigenvalue weighted by Gasteiger charge is 2.28. The molecule has 6 heteroatoms. The van der Waals surface area contributed by atoms with Crippen LogP contribution in [0.5, 0.6) is 0 Å². The average molecular weight is 368 g/mol. The third-order valence-electron chi connectivity index (χ3n) is 3.80. The molecule has 1 aromatic heterocycles. The molecule has 0 spiro atoms. The highest BCUT2D eigenvalue weighted by atomic mass is 79.9. The van der Waals surface area contributed by atoms with Crippen molar-refractivity contribution >= 4 is 27.7 Å². The van der Waals surface area contributed by atoms with Crippen LogP contribution in [-0.2, 0) is 5.75 Å². The zero-order valence-electron chi connectivity index (χ0n) is 11.7. The third kappa shape index (κ3) is 3.87. The summed E-state index contributed by atoms with van der Waals surface area (Å²) in [5.74, 6) is 2.41. The van der Waals surface area contributed by atoms with Crippen LogP contribution in [0.2, 0.25) is 0 Å². The average Bonchev–Trinajstić information content (AvgIpc) is 2.96. The molecule has 0 saturated heterocycles. The first-order chi connectivity index (χ1) is 10.2. The van der Waals surface area contributed by atoms with Gasteiger partial charge in [0.15, 0.2) is 5.82 Å². The monoisotopic (exact) mass is 367 g/mol. The Kier molecular flexibility index (Phi) is 4.98. The second kappa shape index (κ2) is 6.94. The lowest BCUT2D eigenvalue weighted by atomic mass is 9.85. The topological polar surface area (TPSA) is 64.9 Å². The van der Waals surface area contributed by atoms with E-state index in [0.717, 1.165) is 23.1 Å². The van der Waals surface area contributed by atoms with Crippen LogP contribution in [0.15, 0.2) is 38.2 Å². The molecule has 2 unspecified atom stereocenters. The highest BCUT2D eigenvalue weighted by Crippen LogP contribution is 2.31. The molecule has 2 N–H and O–H groups in total. The highest BCUT2D eigenvalue weighted by molar-refractivity contribution is 9.10. The number of thioether (sulfide) groups is 1. The summed E-state index contributed by atoms with van der Waals surface area (Å²) < 4.78 is 6.50. The largest absolute Gasteiger partial charge is 0.339 e. The van der Waals surface area contributed by atoms with Crippen molar-refractivity contribution in [3.8, 4) is 0 Å². The van der Waals surface area contributed by atoms with E-state index in [1.165, 1.54) is 17.7 Å². The summed E-state index contributed by atoms with van der Waals surface area (Å²) in [5, 5.41) is 4.09. The van der Waals surface area contributed by atoms with Crippen LogP contribution in [0.25, 0.3) is 0 Å². The van der Waals surface area contributed by atoms with E-state index < -0.39 is 0 Å². The maximum atomic E-state index is 6.16. The lowest BCUT2D eigenvalue weighted by Crippen LogP contribution is -2.31. The van der Waals surface area contributed by atoms with Crippen molar-refractivity contribution < 1.29 is 4.52 Å². The van der Waals surface area contributed by atoms with Crippen molar-refractivity contribution in [3.05, 3.63) is 40.5 Å². The van der Waals surface area contributed by atoms with E-state index in [2.05, 4.69) is 38.2 Å². The number of rotatable bonds is 4. The Balaban J connectivity index is 1.61. The summed E-state index contributed by atoms with van der Waals surface area (Å²) in [5.41, 5.74) is 6.16. The molecule has 21 heavy (non-hydrogen) atoms. The fourth-order valence-electron chi connectivity index (χ4n) is 2.62. The number of benzene rings is 1. The minimum Gasteiger partial charge on any atom is -0.339 e. The van der Waals surface area contributed by atoms with Gasteiger partial charge >= 0.3 is 0 Å². The first-order valence-corrected chi connectivity index (χ1v) is 8.96. The second-order valence-electron chi connectivity index (χ2n) is 5.35. The SMILES string of the molecule is NC1CCCCC1c1nc(CSc2ccc(Br)cc2)no1. The van der Waals surface area contributed by atoms with Crippen molar-refractivity contribution in [2.45, 2.75) is 48.3 Å². The molecule has 1 aliphatic rings. The van der Waals surface area contributed by atoms with E-state index in [4.69, 9.17) is 10.3 Å². The zero-order valence-corrected chi connectivity index (χ0v) is 14.1. The van der Waals surface area contributed by atoms with E-state index in [1.807, 2.05) is 12.1 Å². The van der Waals surface area contributed by atoms with Crippen LogP contribution < -0.4 is 5.73 Å². The summed E-state index contributed by atoms with van der Waals surface area (Å²) in [6.45, 7) is 0. The number of hydrogen-bond acceptors (Lipinski definition) is 5. The Bertz CT molecular complexity index is 587. The van der Waals surface area contributed by atoms with Crippen LogP contribution >= 0.6 is 27.7 Å².